The molecule has 206 valence electrons. The second-order valence-electron chi connectivity index (χ2n) is 11.4. The summed E-state index contributed by atoms with van der Waals surface area (Å²) in [5.41, 5.74) is 4.17. The first-order valence-electron chi connectivity index (χ1n) is 13.8. The summed E-state index contributed by atoms with van der Waals surface area (Å²) < 4.78 is 26.7. The topological polar surface area (TPSA) is 78.7 Å². The molecule has 0 bridgehead atoms. The fourth-order valence-electron chi connectivity index (χ4n) is 6.10. The van der Waals surface area contributed by atoms with Gasteiger partial charge in [-0.15, -0.1) is 0 Å². The van der Waals surface area contributed by atoms with Crippen LogP contribution in [0, 0.1) is 18.2 Å². The molecule has 2 unspecified atom stereocenters. The zero-order valence-corrected chi connectivity index (χ0v) is 22.7. The average Bonchev–Trinajstić information content (AvgIpc) is 3.38. The smallest absolute Gasteiger partial charge is 0.321 e. The van der Waals surface area contributed by atoms with Gasteiger partial charge in [-0.3, -0.25) is 19.9 Å². The summed E-state index contributed by atoms with van der Waals surface area (Å²) >= 11 is 0. The SMILES string of the molecule is Cc1cc(Oc2ncccn2)ccc1-c1cc2c(cc1F)N=CC1N=CN(N3CCN(CC4(C)COC4)CC3)C21. The fourth-order valence-corrected chi connectivity index (χ4v) is 6.10. The fraction of sp³-hybridized carbons (Fsp3) is 0.400. The Morgan fingerprint density at radius 1 is 1.05 bits per heavy atom. The number of piperazine rings is 1. The number of aromatic nitrogens is 2. The van der Waals surface area contributed by atoms with Gasteiger partial charge < -0.3 is 9.47 Å². The quantitative estimate of drug-likeness (QED) is 0.457. The Kier molecular flexibility index (Phi) is 6.33. The predicted octanol–water partition coefficient (Wildman–Crippen LogP) is 4.42. The Balaban J connectivity index is 1.13. The highest BCUT2D eigenvalue weighted by Crippen LogP contribution is 2.43. The molecule has 2 aromatic carbocycles. The van der Waals surface area contributed by atoms with E-state index in [-0.39, 0.29) is 29.3 Å². The van der Waals surface area contributed by atoms with Gasteiger partial charge in [-0.1, -0.05) is 13.0 Å². The Bertz CT molecular complexity index is 1470. The van der Waals surface area contributed by atoms with Crippen LogP contribution in [0.15, 0.2) is 58.8 Å². The van der Waals surface area contributed by atoms with Crippen LogP contribution in [0.4, 0.5) is 10.1 Å². The van der Waals surface area contributed by atoms with E-state index >= 15 is 4.39 Å². The van der Waals surface area contributed by atoms with E-state index in [0.29, 0.717) is 17.0 Å². The Morgan fingerprint density at radius 2 is 1.85 bits per heavy atom. The van der Waals surface area contributed by atoms with Crippen molar-refractivity contribution in [3.05, 3.63) is 65.7 Å². The molecule has 2 saturated heterocycles. The van der Waals surface area contributed by atoms with Crippen LogP contribution in [0.5, 0.6) is 11.8 Å². The summed E-state index contributed by atoms with van der Waals surface area (Å²) in [6.07, 6.45) is 7.03. The number of hydrazine groups is 1. The van der Waals surface area contributed by atoms with Crippen molar-refractivity contribution in [2.24, 2.45) is 15.4 Å². The molecule has 7 rings (SSSR count). The normalized spacial score (nSPS) is 23.5. The third-order valence-corrected chi connectivity index (χ3v) is 8.19. The molecule has 5 heterocycles. The van der Waals surface area contributed by atoms with Crippen LogP contribution in [0.2, 0.25) is 0 Å². The number of rotatable bonds is 6. The summed E-state index contributed by atoms with van der Waals surface area (Å²) in [5.74, 6) is 0.300. The second-order valence-corrected chi connectivity index (χ2v) is 11.4. The maximum atomic E-state index is 15.5. The highest BCUT2D eigenvalue weighted by Gasteiger charge is 2.41. The lowest BCUT2D eigenvalue weighted by Gasteiger charge is -2.46. The van der Waals surface area contributed by atoms with Crippen molar-refractivity contribution in [3.63, 3.8) is 0 Å². The molecule has 4 aliphatic heterocycles. The van der Waals surface area contributed by atoms with Crippen LogP contribution < -0.4 is 4.74 Å². The predicted molar refractivity (Wildman–Crippen MR) is 151 cm³/mol. The van der Waals surface area contributed by atoms with Crippen molar-refractivity contribution in [2.75, 3.05) is 45.9 Å². The lowest BCUT2D eigenvalue weighted by molar-refractivity contribution is -0.123. The van der Waals surface area contributed by atoms with Crippen LogP contribution in [0.1, 0.15) is 24.1 Å². The number of nitrogens with zero attached hydrogens (tertiary/aromatic N) is 7. The number of hydrogen-bond acceptors (Lipinski definition) is 9. The molecule has 4 aliphatic rings. The van der Waals surface area contributed by atoms with Crippen molar-refractivity contribution < 1.29 is 13.9 Å². The van der Waals surface area contributed by atoms with E-state index in [4.69, 9.17) is 14.5 Å². The summed E-state index contributed by atoms with van der Waals surface area (Å²) in [6, 6.07) is 10.9. The minimum Gasteiger partial charge on any atom is -0.424 e. The number of halogens is 1. The molecule has 0 amide bonds. The molecule has 0 N–H and O–H groups in total. The molecule has 10 heteroatoms. The third-order valence-electron chi connectivity index (χ3n) is 8.19. The molecule has 2 atom stereocenters. The summed E-state index contributed by atoms with van der Waals surface area (Å²) in [5, 5.41) is 4.62. The van der Waals surface area contributed by atoms with Crippen molar-refractivity contribution in [1.82, 2.24) is 24.9 Å². The van der Waals surface area contributed by atoms with E-state index in [9.17, 15) is 0 Å². The van der Waals surface area contributed by atoms with Gasteiger partial charge in [-0.05, 0) is 42.3 Å². The first kappa shape index (κ1) is 25.3. The second kappa shape index (κ2) is 10.0. The van der Waals surface area contributed by atoms with Gasteiger partial charge in [0.25, 0.3) is 0 Å². The van der Waals surface area contributed by atoms with E-state index in [1.165, 1.54) is 0 Å². The highest BCUT2D eigenvalue weighted by atomic mass is 19.1. The van der Waals surface area contributed by atoms with Crippen LogP contribution in [0.25, 0.3) is 11.1 Å². The maximum absolute atomic E-state index is 15.5. The minimum atomic E-state index is -0.301. The lowest BCUT2D eigenvalue weighted by atomic mass is 9.88. The molecule has 2 fully saturated rings. The summed E-state index contributed by atoms with van der Waals surface area (Å²) in [7, 11) is 0. The Hall–Kier alpha value is -3.73. The van der Waals surface area contributed by atoms with Gasteiger partial charge in [0, 0.05) is 73.9 Å². The monoisotopic (exact) mass is 541 g/mol. The molecule has 3 aromatic rings. The van der Waals surface area contributed by atoms with Gasteiger partial charge in [-0.25, -0.2) is 19.4 Å². The highest BCUT2D eigenvalue weighted by molar-refractivity contribution is 5.83. The molecular formula is C30H32FN7O2. The molecule has 40 heavy (non-hydrogen) atoms. The summed E-state index contributed by atoms with van der Waals surface area (Å²) in [6.45, 7) is 10.8. The average molecular weight is 542 g/mol. The molecule has 0 saturated carbocycles. The van der Waals surface area contributed by atoms with Crippen molar-refractivity contribution in [2.45, 2.75) is 25.9 Å². The minimum absolute atomic E-state index is 0.0471. The zero-order valence-electron chi connectivity index (χ0n) is 22.7. The molecule has 9 nitrogen and oxygen atoms in total. The van der Waals surface area contributed by atoms with Crippen molar-refractivity contribution >= 4 is 18.2 Å². The third kappa shape index (κ3) is 4.66. The zero-order chi connectivity index (χ0) is 27.3. The van der Waals surface area contributed by atoms with Gasteiger partial charge in [-0.2, -0.15) is 0 Å². The molecule has 0 aliphatic carbocycles. The number of aliphatic imine (C=N–C) groups is 2. The van der Waals surface area contributed by atoms with Crippen LogP contribution in [-0.4, -0.2) is 89.4 Å². The Morgan fingerprint density at radius 3 is 2.58 bits per heavy atom. The first-order chi connectivity index (χ1) is 19.5. The lowest BCUT2D eigenvalue weighted by Crippen LogP contribution is -2.57. The first-order valence-corrected chi connectivity index (χ1v) is 13.8. The van der Waals surface area contributed by atoms with Gasteiger partial charge in [0.05, 0.1) is 18.9 Å². The largest absolute Gasteiger partial charge is 0.424 e. The van der Waals surface area contributed by atoms with Gasteiger partial charge in [0.2, 0.25) is 0 Å². The van der Waals surface area contributed by atoms with E-state index in [1.54, 1.807) is 24.5 Å². The Labute approximate surface area is 233 Å². The number of ether oxygens (including phenoxy) is 2. The number of aryl methyl sites for hydroxylation is 1. The number of hydrogen-bond donors (Lipinski definition) is 0. The van der Waals surface area contributed by atoms with Crippen molar-refractivity contribution in [1.29, 1.82) is 0 Å². The van der Waals surface area contributed by atoms with Gasteiger partial charge in [0.1, 0.15) is 30.0 Å². The van der Waals surface area contributed by atoms with Crippen LogP contribution in [-0.2, 0) is 4.74 Å². The standard InChI is InChI=1S/C30H32FN7O2/c1-20-12-21(40-29-32-6-3-7-33-29)4-5-22(20)23-13-24-26(14-25(23)31)34-15-27-28(24)38(19-35-27)37-10-8-36(9-11-37)16-30(2)17-39-18-30/h3-7,12-15,19,27-28H,8-11,16-18H2,1-2H3. The molecule has 0 spiro atoms. The molecular weight excluding hydrogens is 509 g/mol. The number of benzene rings is 2. The molecule has 1 aromatic heterocycles. The number of fused-ring (bicyclic) bond motifs is 3. The molecule has 0 radical (unpaired) electrons. The maximum Gasteiger partial charge on any atom is 0.321 e. The van der Waals surface area contributed by atoms with Crippen molar-refractivity contribution in [3.8, 4) is 22.9 Å². The van der Waals surface area contributed by atoms with Crippen LogP contribution in [0.3, 0.4) is 0 Å². The van der Waals surface area contributed by atoms with E-state index in [0.717, 1.165) is 62.6 Å². The van der Waals surface area contributed by atoms with E-state index in [1.807, 2.05) is 43.7 Å². The van der Waals surface area contributed by atoms with Crippen LogP contribution >= 0.6 is 0 Å². The van der Waals surface area contributed by atoms with E-state index < -0.39 is 0 Å². The van der Waals surface area contributed by atoms with Gasteiger partial charge in [0.15, 0.2) is 0 Å². The van der Waals surface area contributed by atoms with E-state index in [2.05, 4.69) is 36.8 Å². The van der Waals surface area contributed by atoms with Gasteiger partial charge >= 0.3 is 6.01 Å². The summed E-state index contributed by atoms with van der Waals surface area (Å²) in [4.78, 5) is 20.1.